The van der Waals surface area contributed by atoms with Crippen LogP contribution in [0.4, 0.5) is 0 Å². The molecule has 2 N–H and O–H groups in total. The summed E-state index contributed by atoms with van der Waals surface area (Å²) in [5, 5.41) is 10.7. The van der Waals surface area contributed by atoms with Gasteiger partial charge in [0.05, 0.1) is 13.5 Å². The molecule has 5 heteroatoms. The van der Waals surface area contributed by atoms with E-state index in [0.717, 1.165) is 5.56 Å². The van der Waals surface area contributed by atoms with Crippen LogP contribution in [0.25, 0.3) is 0 Å². The quantitative estimate of drug-likeness (QED) is 0.798. The van der Waals surface area contributed by atoms with Crippen molar-refractivity contribution < 1.29 is 19.4 Å². The first-order valence-corrected chi connectivity index (χ1v) is 5.88. The highest BCUT2D eigenvalue weighted by Gasteiger charge is 2.09. The maximum atomic E-state index is 11.4. The van der Waals surface area contributed by atoms with Gasteiger partial charge in [-0.1, -0.05) is 32.6 Å². The fourth-order valence-corrected chi connectivity index (χ4v) is 1.19. The molecule has 0 saturated heterocycles. The molecule has 0 aromatic heterocycles. The number of benzene rings is 1. The molecule has 0 radical (unpaired) electrons. The molecule has 0 saturated carbocycles. The normalized spacial score (nSPS) is 8.79. The van der Waals surface area contributed by atoms with E-state index < -0.39 is 11.9 Å². The van der Waals surface area contributed by atoms with Crippen molar-refractivity contribution in [2.75, 3.05) is 7.11 Å². The molecule has 0 atom stereocenters. The summed E-state index contributed by atoms with van der Waals surface area (Å²) in [6.45, 7) is 7.21. The van der Waals surface area contributed by atoms with E-state index in [0.29, 0.717) is 5.75 Å². The second kappa shape index (κ2) is 8.74. The summed E-state index contributed by atoms with van der Waals surface area (Å²) in [6, 6.07) is 6.94. The first kappa shape index (κ1) is 16.7. The maximum absolute atomic E-state index is 11.4. The highest BCUT2D eigenvalue weighted by atomic mass is 16.5. The fraction of sp³-hybridized carbons (Fsp3) is 0.286. The number of hydrogen-bond donors (Lipinski definition) is 2. The van der Waals surface area contributed by atoms with Crippen molar-refractivity contribution in [3.63, 3.8) is 0 Å². The van der Waals surface area contributed by atoms with Gasteiger partial charge in [-0.2, -0.15) is 0 Å². The zero-order chi connectivity index (χ0) is 14.8. The average Bonchev–Trinajstić information content (AvgIpc) is 2.41. The molecule has 1 rings (SSSR count). The van der Waals surface area contributed by atoms with Gasteiger partial charge in [0.1, 0.15) is 11.4 Å². The van der Waals surface area contributed by atoms with E-state index in [1.54, 1.807) is 31.4 Å². The number of nitrogens with one attached hydrogen (secondary N) is 1. The third-order valence-corrected chi connectivity index (χ3v) is 2.07. The lowest BCUT2D eigenvalue weighted by Crippen LogP contribution is -2.27. The molecule has 104 valence electrons. The molecule has 0 aliphatic rings. The number of carboxylic acids is 1. The molecule has 19 heavy (non-hydrogen) atoms. The predicted molar refractivity (Wildman–Crippen MR) is 73.0 cm³/mol. The Morgan fingerprint density at radius 3 is 2.21 bits per heavy atom. The molecule has 5 nitrogen and oxygen atoms in total. The van der Waals surface area contributed by atoms with E-state index in [2.05, 4.69) is 11.9 Å². The standard InChI is InChI=1S/C12H13NO4.C2H6/c1-8(12(15)16)13-11(14)7-9-3-5-10(17-2)6-4-9;1-2/h3-6H,1,7H2,2H3,(H,13,14)(H,15,16);1-2H3. The lowest BCUT2D eigenvalue weighted by atomic mass is 10.1. The van der Waals surface area contributed by atoms with E-state index in [1.165, 1.54) is 0 Å². The Hall–Kier alpha value is -2.30. The molecular formula is C14H19NO4. The van der Waals surface area contributed by atoms with Gasteiger partial charge >= 0.3 is 5.97 Å². The van der Waals surface area contributed by atoms with Crippen molar-refractivity contribution >= 4 is 11.9 Å². The second-order valence-electron chi connectivity index (χ2n) is 3.36. The highest BCUT2D eigenvalue weighted by Crippen LogP contribution is 2.11. The van der Waals surface area contributed by atoms with Crippen LogP contribution in [0.2, 0.25) is 0 Å². The number of carboxylic acid groups (broad SMARTS) is 1. The summed E-state index contributed by atoms with van der Waals surface area (Å²) in [7, 11) is 1.55. The Bertz CT molecular complexity index is 437. The SMILES string of the molecule is C=C(NC(=O)Cc1ccc(OC)cc1)C(=O)O.CC. The first-order valence-electron chi connectivity index (χ1n) is 5.88. The van der Waals surface area contributed by atoms with Crippen LogP contribution in [0.3, 0.4) is 0 Å². The molecule has 1 aromatic carbocycles. The summed E-state index contributed by atoms with van der Waals surface area (Å²) in [4.78, 5) is 21.9. The smallest absolute Gasteiger partial charge is 0.351 e. The molecule has 1 amide bonds. The number of rotatable bonds is 5. The molecule has 0 heterocycles. The number of methoxy groups -OCH3 is 1. The van der Waals surface area contributed by atoms with Crippen LogP contribution in [0, 0.1) is 0 Å². The zero-order valence-corrected chi connectivity index (χ0v) is 11.4. The maximum Gasteiger partial charge on any atom is 0.351 e. The molecule has 0 bridgehead atoms. The summed E-state index contributed by atoms with van der Waals surface area (Å²) in [5.41, 5.74) is 0.435. The second-order valence-corrected chi connectivity index (χ2v) is 3.36. The van der Waals surface area contributed by atoms with Crippen molar-refractivity contribution in [2.24, 2.45) is 0 Å². The fourth-order valence-electron chi connectivity index (χ4n) is 1.19. The van der Waals surface area contributed by atoms with E-state index in [1.807, 2.05) is 13.8 Å². The van der Waals surface area contributed by atoms with Crippen LogP contribution in [-0.4, -0.2) is 24.1 Å². The first-order chi connectivity index (χ1) is 9.02. The lowest BCUT2D eigenvalue weighted by Gasteiger charge is -2.05. The number of carbonyl (C=O) groups excluding carboxylic acids is 1. The number of ether oxygens (including phenoxy) is 1. The van der Waals surface area contributed by atoms with Gasteiger partial charge in [-0.05, 0) is 17.7 Å². The monoisotopic (exact) mass is 265 g/mol. The van der Waals surface area contributed by atoms with Crippen LogP contribution in [0.1, 0.15) is 19.4 Å². The van der Waals surface area contributed by atoms with Gasteiger partial charge in [0, 0.05) is 0 Å². The molecule has 1 aromatic rings. The van der Waals surface area contributed by atoms with Crippen LogP contribution in [0.5, 0.6) is 5.75 Å². The summed E-state index contributed by atoms with van der Waals surface area (Å²) >= 11 is 0. The minimum absolute atomic E-state index is 0.0935. The molecular weight excluding hydrogens is 246 g/mol. The molecule has 0 aliphatic heterocycles. The summed E-state index contributed by atoms with van der Waals surface area (Å²) < 4.78 is 4.98. The van der Waals surface area contributed by atoms with E-state index in [4.69, 9.17) is 9.84 Å². The summed E-state index contributed by atoms with van der Waals surface area (Å²) in [6.07, 6.45) is 0.0935. The van der Waals surface area contributed by atoms with Gasteiger partial charge in [0.25, 0.3) is 0 Å². The van der Waals surface area contributed by atoms with Crippen molar-refractivity contribution in [2.45, 2.75) is 20.3 Å². The molecule has 0 aliphatic carbocycles. The van der Waals surface area contributed by atoms with Crippen LogP contribution in [0.15, 0.2) is 36.5 Å². The Labute approximate surface area is 112 Å². The minimum atomic E-state index is -1.24. The van der Waals surface area contributed by atoms with Gasteiger partial charge < -0.3 is 15.2 Å². The Morgan fingerprint density at radius 2 is 1.79 bits per heavy atom. The molecule has 0 unspecified atom stereocenters. The Morgan fingerprint density at radius 1 is 1.26 bits per heavy atom. The molecule has 0 spiro atoms. The van der Waals surface area contributed by atoms with E-state index in [-0.39, 0.29) is 12.1 Å². The van der Waals surface area contributed by atoms with Crippen molar-refractivity contribution in [1.82, 2.24) is 5.32 Å². The van der Waals surface area contributed by atoms with E-state index >= 15 is 0 Å². The zero-order valence-electron chi connectivity index (χ0n) is 11.4. The van der Waals surface area contributed by atoms with Crippen LogP contribution < -0.4 is 10.1 Å². The van der Waals surface area contributed by atoms with Crippen molar-refractivity contribution in [1.29, 1.82) is 0 Å². The largest absolute Gasteiger partial charge is 0.497 e. The highest BCUT2D eigenvalue weighted by molar-refractivity contribution is 5.92. The average molecular weight is 265 g/mol. The van der Waals surface area contributed by atoms with Crippen LogP contribution >= 0.6 is 0 Å². The van der Waals surface area contributed by atoms with E-state index in [9.17, 15) is 9.59 Å². The predicted octanol–water partition coefficient (Wildman–Crippen LogP) is 1.98. The Kier molecular flexibility index (Phi) is 7.68. The van der Waals surface area contributed by atoms with Gasteiger partial charge in [0.15, 0.2) is 0 Å². The summed E-state index contributed by atoms with van der Waals surface area (Å²) in [5.74, 6) is -0.959. The van der Waals surface area contributed by atoms with Gasteiger partial charge in [0.2, 0.25) is 5.91 Å². The number of hydrogen-bond acceptors (Lipinski definition) is 3. The van der Waals surface area contributed by atoms with Crippen LogP contribution in [-0.2, 0) is 16.0 Å². The van der Waals surface area contributed by atoms with Gasteiger partial charge in [-0.25, -0.2) is 4.79 Å². The number of carbonyl (C=O) groups is 2. The molecule has 0 fully saturated rings. The third kappa shape index (κ3) is 6.26. The Balaban J connectivity index is 0.00000154. The lowest BCUT2D eigenvalue weighted by molar-refractivity contribution is -0.134. The van der Waals surface area contributed by atoms with Crippen molar-refractivity contribution in [3.05, 3.63) is 42.1 Å². The number of amides is 1. The number of aliphatic carboxylic acids is 1. The topological polar surface area (TPSA) is 75.6 Å². The van der Waals surface area contributed by atoms with Gasteiger partial charge in [-0.15, -0.1) is 0 Å². The van der Waals surface area contributed by atoms with Gasteiger partial charge in [-0.3, -0.25) is 4.79 Å². The van der Waals surface area contributed by atoms with Crippen molar-refractivity contribution in [3.8, 4) is 5.75 Å². The minimum Gasteiger partial charge on any atom is -0.497 e. The third-order valence-electron chi connectivity index (χ3n) is 2.07.